The van der Waals surface area contributed by atoms with Crippen LogP contribution < -0.4 is 10.6 Å². The highest BCUT2D eigenvalue weighted by molar-refractivity contribution is 5.98. The molecule has 2 N–H and O–H groups in total. The van der Waals surface area contributed by atoms with Gasteiger partial charge in [0.15, 0.2) is 0 Å². The van der Waals surface area contributed by atoms with Crippen LogP contribution in [-0.2, 0) is 10.3 Å². The summed E-state index contributed by atoms with van der Waals surface area (Å²) in [5.41, 5.74) is 0.535. The van der Waals surface area contributed by atoms with Crippen LogP contribution in [0, 0.1) is 5.92 Å². The van der Waals surface area contributed by atoms with Gasteiger partial charge >= 0.3 is 0 Å². The summed E-state index contributed by atoms with van der Waals surface area (Å²) in [7, 11) is 0. The lowest BCUT2D eigenvalue weighted by Gasteiger charge is -2.42. The number of aromatic nitrogens is 2. The van der Waals surface area contributed by atoms with Crippen LogP contribution in [0.1, 0.15) is 82.0 Å². The first kappa shape index (κ1) is 20.2. The molecule has 1 unspecified atom stereocenters. The number of carbonyl (C=O) groups excluding carboxylic acids is 2. The summed E-state index contributed by atoms with van der Waals surface area (Å²) >= 11 is 0. The van der Waals surface area contributed by atoms with Crippen molar-refractivity contribution in [2.75, 3.05) is 25.0 Å². The van der Waals surface area contributed by atoms with E-state index >= 15 is 0 Å². The van der Waals surface area contributed by atoms with E-state index < -0.39 is 0 Å². The molecule has 7 nitrogen and oxygen atoms in total. The number of likely N-dealkylation sites (tertiary alicyclic amines) is 1. The molecule has 2 amide bonds. The van der Waals surface area contributed by atoms with Gasteiger partial charge in [-0.3, -0.25) is 9.59 Å². The van der Waals surface area contributed by atoms with Crippen molar-refractivity contribution in [3.8, 4) is 0 Å². The van der Waals surface area contributed by atoms with Crippen LogP contribution in [0.4, 0.5) is 5.82 Å². The van der Waals surface area contributed by atoms with Gasteiger partial charge in [0, 0.05) is 32.1 Å². The summed E-state index contributed by atoms with van der Waals surface area (Å²) in [6, 6.07) is 0.405. The zero-order valence-electron chi connectivity index (χ0n) is 17.9. The molecule has 1 saturated carbocycles. The normalized spacial score (nSPS) is 24.3. The maximum Gasteiger partial charge on any atom is 0.256 e. The molecule has 0 spiro atoms. The molecule has 3 aliphatic rings. The van der Waals surface area contributed by atoms with Crippen molar-refractivity contribution in [2.24, 2.45) is 5.92 Å². The Hall–Kier alpha value is -2.05. The van der Waals surface area contributed by atoms with E-state index in [2.05, 4.69) is 29.6 Å². The molecule has 160 valence electrons. The Kier molecular flexibility index (Phi) is 5.83. The van der Waals surface area contributed by atoms with E-state index in [9.17, 15) is 9.59 Å². The molecule has 1 saturated heterocycles. The Morgan fingerprint density at radius 3 is 2.79 bits per heavy atom. The van der Waals surface area contributed by atoms with E-state index in [1.807, 2.05) is 9.58 Å². The Morgan fingerprint density at radius 1 is 1.28 bits per heavy atom. The van der Waals surface area contributed by atoms with E-state index in [4.69, 9.17) is 0 Å². The van der Waals surface area contributed by atoms with E-state index in [-0.39, 0.29) is 17.4 Å². The number of anilines is 1. The highest BCUT2D eigenvalue weighted by Gasteiger charge is 2.39. The maximum atomic E-state index is 12.8. The van der Waals surface area contributed by atoms with E-state index in [0.717, 1.165) is 38.2 Å². The molecule has 0 aromatic carbocycles. The maximum absolute atomic E-state index is 12.8. The third kappa shape index (κ3) is 4.28. The van der Waals surface area contributed by atoms with Gasteiger partial charge in [-0.15, -0.1) is 0 Å². The van der Waals surface area contributed by atoms with Gasteiger partial charge in [-0.05, 0) is 51.9 Å². The lowest BCUT2D eigenvalue weighted by molar-refractivity contribution is -0.127. The smallest absolute Gasteiger partial charge is 0.256 e. The number of fused-ring (bicyclic) bond motifs is 1. The second kappa shape index (κ2) is 8.36. The van der Waals surface area contributed by atoms with Crippen LogP contribution in [0.3, 0.4) is 0 Å². The summed E-state index contributed by atoms with van der Waals surface area (Å²) in [5.74, 6) is 1.71. The zero-order valence-corrected chi connectivity index (χ0v) is 17.9. The van der Waals surface area contributed by atoms with Gasteiger partial charge in [0.1, 0.15) is 11.4 Å². The fraction of sp³-hybridized carbons (Fsp3) is 0.773. The molecule has 0 bridgehead atoms. The van der Waals surface area contributed by atoms with Gasteiger partial charge in [-0.25, -0.2) is 4.68 Å². The summed E-state index contributed by atoms with van der Waals surface area (Å²) in [6.07, 6.45) is 11.7. The van der Waals surface area contributed by atoms with Crippen molar-refractivity contribution in [1.29, 1.82) is 0 Å². The Morgan fingerprint density at radius 2 is 2.07 bits per heavy atom. The van der Waals surface area contributed by atoms with Gasteiger partial charge in [-0.2, -0.15) is 5.10 Å². The predicted octanol–water partition coefficient (Wildman–Crippen LogP) is 3.13. The van der Waals surface area contributed by atoms with Crippen molar-refractivity contribution < 1.29 is 9.59 Å². The third-order valence-electron chi connectivity index (χ3n) is 6.91. The molecule has 2 aliphatic heterocycles. The van der Waals surface area contributed by atoms with E-state index in [0.29, 0.717) is 30.5 Å². The van der Waals surface area contributed by atoms with Crippen molar-refractivity contribution in [3.63, 3.8) is 0 Å². The SMILES string of the molecule is CC1(C)CC(C2CCCCC2)Nc2c(C(=O)NCCCN3CCCC3=O)cnn21. The Balaban J connectivity index is 1.38. The molecular formula is C22H35N5O2. The van der Waals surface area contributed by atoms with E-state index in [1.54, 1.807) is 6.20 Å². The largest absolute Gasteiger partial charge is 0.366 e. The quantitative estimate of drug-likeness (QED) is 0.718. The second-order valence-corrected chi connectivity index (χ2v) is 9.58. The lowest BCUT2D eigenvalue weighted by atomic mass is 9.78. The minimum Gasteiger partial charge on any atom is -0.366 e. The van der Waals surface area contributed by atoms with Crippen LogP contribution >= 0.6 is 0 Å². The molecule has 2 fully saturated rings. The highest BCUT2D eigenvalue weighted by Crippen LogP contribution is 2.39. The zero-order chi connectivity index (χ0) is 20.4. The first-order chi connectivity index (χ1) is 14.0. The van der Waals surface area contributed by atoms with Gasteiger partial charge in [0.05, 0.1) is 11.7 Å². The van der Waals surface area contributed by atoms with Gasteiger partial charge in [-0.1, -0.05) is 19.3 Å². The fourth-order valence-corrected chi connectivity index (χ4v) is 5.29. The van der Waals surface area contributed by atoms with Crippen molar-refractivity contribution in [3.05, 3.63) is 11.8 Å². The number of hydrogen-bond acceptors (Lipinski definition) is 4. The third-order valence-corrected chi connectivity index (χ3v) is 6.91. The molecule has 0 radical (unpaired) electrons. The number of amides is 2. The number of hydrogen-bond donors (Lipinski definition) is 2. The summed E-state index contributed by atoms with van der Waals surface area (Å²) in [5, 5.41) is 11.3. The van der Waals surface area contributed by atoms with Crippen LogP contribution in [0.2, 0.25) is 0 Å². The Bertz CT molecular complexity index is 750. The highest BCUT2D eigenvalue weighted by atomic mass is 16.2. The van der Waals surface area contributed by atoms with Crippen molar-refractivity contribution in [1.82, 2.24) is 20.0 Å². The molecular weight excluding hydrogens is 366 g/mol. The standard InChI is InChI=1S/C22H35N5O2/c1-22(2)14-18(16-8-4-3-5-9-16)25-20-17(15-24-27(20)22)21(29)23-11-7-13-26-12-6-10-19(26)28/h15-16,18,25H,3-14H2,1-2H3,(H,23,29). The van der Waals surface area contributed by atoms with Crippen LogP contribution in [0.15, 0.2) is 6.20 Å². The monoisotopic (exact) mass is 401 g/mol. The summed E-state index contributed by atoms with van der Waals surface area (Å²) in [6.45, 7) is 6.58. The minimum absolute atomic E-state index is 0.0772. The Labute approximate surface area is 173 Å². The van der Waals surface area contributed by atoms with Crippen LogP contribution in [0.5, 0.6) is 0 Å². The average molecular weight is 402 g/mol. The molecule has 1 aromatic heterocycles. The summed E-state index contributed by atoms with van der Waals surface area (Å²) < 4.78 is 1.99. The summed E-state index contributed by atoms with van der Waals surface area (Å²) in [4.78, 5) is 26.4. The number of carbonyl (C=O) groups is 2. The number of rotatable bonds is 6. The number of nitrogens with one attached hydrogen (secondary N) is 2. The van der Waals surface area contributed by atoms with Crippen molar-refractivity contribution in [2.45, 2.75) is 83.2 Å². The predicted molar refractivity (Wildman–Crippen MR) is 113 cm³/mol. The molecule has 4 rings (SSSR count). The molecule has 1 atom stereocenters. The minimum atomic E-state index is -0.0999. The molecule has 1 aliphatic carbocycles. The first-order valence-electron chi connectivity index (χ1n) is 11.4. The fourth-order valence-electron chi connectivity index (χ4n) is 5.29. The topological polar surface area (TPSA) is 79.3 Å². The van der Waals surface area contributed by atoms with E-state index in [1.165, 1.54) is 32.1 Å². The van der Waals surface area contributed by atoms with Gasteiger partial charge in [0.25, 0.3) is 5.91 Å². The lowest BCUT2D eigenvalue weighted by Crippen LogP contribution is -2.46. The van der Waals surface area contributed by atoms with Crippen LogP contribution in [-0.4, -0.2) is 52.2 Å². The van der Waals surface area contributed by atoms with Crippen molar-refractivity contribution >= 4 is 17.6 Å². The van der Waals surface area contributed by atoms with Crippen LogP contribution in [0.25, 0.3) is 0 Å². The molecule has 3 heterocycles. The molecule has 7 heteroatoms. The first-order valence-corrected chi connectivity index (χ1v) is 11.4. The molecule has 29 heavy (non-hydrogen) atoms. The number of nitrogens with zero attached hydrogens (tertiary/aromatic N) is 3. The van der Waals surface area contributed by atoms with Gasteiger partial charge in [0.2, 0.25) is 5.91 Å². The second-order valence-electron chi connectivity index (χ2n) is 9.58. The average Bonchev–Trinajstić information content (AvgIpc) is 3.32. The molecule has 1 aromatic rings. The van der Waals surface area contributed by atoms with Gasteiger partial charge < -0.3 is 15.5 Å².